The third kappa shape index (κ3) is 7.52. The van der Waals surface area contributed by atoms with Gasteiger partial charge in [0.15, 0.2) is 0 Å². The van der Waals surface area contributed by atoms with Gasteiger partial charge < -0.3 is 15.0 Å². The van der Waals surface area contributed by atoms with Gasteiger partial charge in [-0.1, -0.05) is 78.3 Å². The van der Waals surface area contributed by atoms with Crippen LogP contribution in [0.5, 0.6) is 5.75 Å². The minimum absolute atomic E-state index is 0.0256. The molecule has 0 aliphatic carbocycles. The van der Waals surface area contributed by atoms with E-state index in [4.69, 9.17) is 16.3 Å². The second-order valence-electron chi connectivity index (χ2n) is 9.57. The van der Waals surface area contributed by atoms with E-state index in [1.165, 1.54) is 67.6 Å². The SMILES string of the molecule is CNC(=O)[C@@H](Cc1ccccc1)N(Cc1ccccc1F)C(=O)CN(c1cc(Cl)ccc1OC)S(=O)(=O)c1ccccc1. The predicted molar refractivity (Wildman–Crippen MR) is 164 cm³/mol. The Morgan fingerprint density at radius 2 is 1.56 bits per heavy atom. The van der Waals surface area contributed by atoms with Gasteiger partial charge in [0.25, 0.3) is 10.0 Å². The standard InChI is InChI=1S/C32H31ClFN3O5S/c1-35-32(39)29(19-23-11-5-3-6-12-23)36(21-24-13-9-10-16-27(24)34)31(38)22-37(28-20-25(33)17-18-30(28)42-2)43(40,41)26-14-7-4-8-15-26/h3-18,20,29H,19,21-22H2,1-2H3,(H,35,39)/t29-/m1/s1. The summed E-state index contributed by atoms with van der Waals surface area (Å²) in [5.74, 6) is -1.65. The number of sulfonamides is 1. The smallest absolute Gasteiger partial charge is 0.264 e. The van der Waals surface area contributed by atoms with Crippen LogP contribution in [-0.4, -0.2) is 51.9 Å². The number of carbonyl (C=O) groups is 2. The molecule has 0 aliphatic rings. The summed E-state index contributed by atoms with van der Waals surface area (Å²) in [6.07, 6.45) is 0.104. The number of nitrogens with zero attached hydrogens (tertiary/aromatic N) is 2. The van der Waals surface area contributed by atoms with Crippen LogP contribution in [0.25, 0.3) is 0 Å². The average Bonchev–Trinajstić information content (AvgIpc) is 3.02. The van der Waals surface area contributed by atoms with Crippen molar-refractivity contribution in [2.45, 2.75) is 23.9 Å². The second-order valence-corrected chi connectivity index (χ2v) is 11.9. The Kier molecular flexibility index (Phi) is 10.4. The first-order valence-electron chi connectivity index (χ1n) is 13.4. The van der Waals surface area contributed by atoms with Crippen LogP contribution >= 0.6 is 11.6 Å². The molecule has 0 radical (unpaired) electrons. The highest BCUT2D eigenvalue weighted by Crippen LogP contribution is 2.35. The van der Waals surface area contributed by atoms with Crippen molar-refractivity contribution in [3.8, 4) is 5.75 Å². The number of amides is 2. The van der Waals surface area contributed by atoms with Crippen LogP contribution in [0.2, 0.25) is 5.02 Å². The van der Waals surface area contributed by atoms with E-state index in [0.29, 0.717) is 0 Å². The number of likely N-dealkylation sites (N-methyl/N-ethyl adjacent to an activating group) is 1. The summed E-state index contributed by atoms with van der Waals surface area (Å²) in [6.45, 7) is -1.02. The zero-order valence-corrected chi connectivity index (χ0v) is 25.2. The van der Waals surface area contributed by atoms with Crippen LogP contribution in [0, 0.1) is 5.82 Å². The fourth-order valence-electron chi connectivity index (χ4n) is 4.62. The van der Waals surface area contributed by atoms with E-state index in [9.17, 15) is 22.4 Å². The number of methoxy groups -OCH3 is 1. The van der Waals surface area contributed by atoms with Crippen molar-refractivity contribution in [3.63, 3.8) is 0 Å². The minimum atomic E-state index is -4.35. The van der Waals surface area contributed by atoms with Gasteiger partial charge in [-0.15, -0.1) is 0 Å². The van der Waals surface area contributed by atoms with Crippen molar-refractivity contribution in [1.29, 1.82) is 0 Å². The highest BCUT2D eigenvalue weighted by Gasteiger charge is 2.35. The number of anilines is 1. The van der Waals surface area contributed by atoms with Gasteiger partial charge in [-0.3, -0.25) is 13.9 Å². The quantitative estimate of drug-likeness (QED) is 0.238. The molecule has 1 atom stereocenters. The highest BCUT2D eigenvalue weighted by molar-refractivity contribution is 7.92. The van der Waals surface area contributed by atoms with Gasteiger partial charge in [0.05, 0.1) is 17.7 Å². The van der Waals surface area contributed by atoms with E-state index in [1.807, 2.05) is 18.2 Å². The fourth-order valence-corrected chi connectivity index (χ4v) is 6.23. The number of benzene rings is 4. The van der Waals surface area contributed by atoms with E-state index in [0.717, 1.165) is 9.87 Å². The van der Waals surface area contributed by atoms with Crippen molar-refractivity contribution in [1.82, 2.24) is 10.2 Å². The molecule has 2 amide bonds. The van der Waals surface area contributed by atoms with Gasteiger partial charge in [0, 0.05) is 30.6 Å². The molecule has 43 heavy (non-hydrogen) atoms. The van der Waals surface area contributed by atoms with Gasteiger partial charge >= 0.3 is 0 Å². The average molecular weight is 624 g/mol. The zero-order chi connectivity index (χ0) is 31.0. The van der Waals surface area contributed by atoms with Crippen LogP contribution in [0.15, 0.2) is 108 Å². The topological polar surface area (TPSA) is 96.0 Å². The van der Waals surface area contributed by atoms with Crippen molar-refractivity contribution in [2.75, 3.05) is 25.0 Å². The molecule has 0 aromatic heterocycles. The van der Waals surface area contributed by atoms with Crippen LogP contribution in [0.1, 0.15) is 11.1 Å². The van der Waals surface area contributed by atoms with Crippen LogP contribution in [0.4, 0.5) is 10.1 Å². The molecule has 0 saturated carbocycles. The van der Waals surface area contributed by atoms with Gasteiger partial charge in [0.1, 0.15) is 24.2 Å². The summed E-state index contributed by atoms with van der Waals surface area (Å²) in [7, 11) is -1.54. The number of carbonyl (C=O) groups excluding carboxylic acids is 2. The van der Waals surface area contributed by atoms with E-state index >= 15 is 0 Å². The molecular weight excluding hydrogens is 593 g/mol. The van der Waals surface area contributed by atoms with Gasteiger partial charge in [-0.05, 0) is 42.0 Å². The molecule has 8 nitrogen and oxygen atoms in total. The Labute approximate surface area is 255 Å². The van der Waals surface area contributed by atoms with E-state index in [-0.39, 0.29) is 39.9 Å². The fraction of sp³-hybridized carbons (Fsp3) is 0.188. The number of hydrogen-bond donors (Lipinski definition) is 1. The number of nitrogens with one attached hydrogen (secondary N) is 1. The summed E-state index contributed by atoms with van der Waals surface area (Å²) < 4.78 is 49.3. The summed E-state index contributed by atoms with van der Waals surface area (Å²) in [6, 6.07) is 25.9. The van der Waals surface area contributed by atoms with E-state index in [1.54, 1.807) is 36.4 Å². The summed E-state index contributed by atoms with van der Waals surface area (Å²) >= 11 is 6.27. The number of ether oxygens (including phenoxy) is 1. The maximum Gasteiger partial charge on any atom is 0.264 e. The Morgan fingerprint density at radius 1 is 0.930 bits per heavy atom. The Balaban J connectivity index is 1.84. The molecule has 1 N–H and O–H groups in total. The molecule has 4 aromatic rings. The lowest BCUT2D eigenvalue weighted by Gasteiger charge is -2.34. The first-order valence-corrected chi connectivity index (χ1v) is 15.2. The van der Waals surface area contributed by atoms with Crippen molar-refractivity contribution < 1.29 is 27.1 Å². The molecule has 4 aromatic carbocycles. The van der Waals surface area contributed by atoms with Gasteiger partial charge in [0.2, 0.25) is 11.8 Å². The molecule has 0 fully saturated rings. The number of hydrogen-bond acceptors (Lipinski definition) is 5. The normalized spacial score (nSPS) is 11.8. The molecule has 4 rings (SSSR count). The molecule has 0 aliphatic heterocycles. The largest absolute Gasteiger partial charge is 0.495 e. The van der Waals surface area contributed by atoms with Gasteiger partial charge in [-0.2, -0.15) is 0 Å². The first-order chi connectivity index (χ1) is 20.6. The van der Waals surface area contributed by atoms with Crippen molar-refractivity contribution in [3.05, 3.63) is 125 Å². The number of rotatable bonds is 12. The Bertz CT molecular complexity index is 1670. The molecular formula is C32H31ClFN3O5S. The molecule has 224 valence electrons. The third-order valence-corrected chi connectivity index (χ3v) is 8.84. The highest BCUT2D eigenvalue weighted by atomic mass is 35.5. The molecule has 0 bridgehead atoms. The summed E-state index contributed by atoms with van der Waals surface area (Å²) in [5.41, 5.74) is 0.945. The lowest BCUT2D eigenvalue weighted by molar-refractivity contribution is -0.139. The van der Waals surface area contributed by atoms with Crippen LogP contribution in [0.3, 0.4) is 0 Å². The first kappa shape index (κ1) is 31.5. The lowest BCUT2D eigenvalue weighted by atomic mass is 10.0. The van der Waals surface area contributed by atoms with Gasteiger partial charge in [-0.25, -0.2) is 12.8 Å². The second kappa shape index (κ2) is 14.2. The minimum Gasteiger partial charge on any atom is -0.495 e. The Morgan fingerprint density at radius 3 is 2.19 bits per heavy atom. The maximum atomic E-state index is 14.9. The molecule has 0 heterocycles. The molecule has 0 saturated heterocycles. The predicted octanol–water partition coefficient (Wildman–Crippen LogP) is 5.07. The van der Waals surface area contributed by atoms with Crippen LogP contribution in [-0.2, 0) is 32.6 Å². The third-order valence-electron chi connectivity index (χ3n) is 6.84. The lowest BCUT2D eigenvalue weighted by Crippen LogP contribution is -2.53. The molecule has 11 heteroatoms. The summed E-state index contributed by atoms with van der Waals surface area (Å²) in [4.78, 5) is 28.7. The summed E-state index contributed by atoms with van der Waals surface area (Å²) in [5, 5.41) is 2.81. The molecule has 0 unspecified atom stereocenters. The zero-order valence-electron chi connectivity index (χ0n) is 23.6. The van der Waals surface area contributed by atoms with E-state index < -0.39 is 40.2 Å². The van der Waals surface area contributed by atoms with E-state index in [2.05, 4.69) is 5.32 Å². The maximum absolute atomic E-state index is 14.9. The Hall–Kier alpha value is -4.41. The molecule has 0 spiro atoms. The van der Waals surface area contributed by atoms with Crippen molar-refractivity contribution >= 4 is 39.1 Å². The van der Waals surface area contributed by atoms with Crippen molar-refractivity contribution in [2.24, 2.45) is 0 Å². The number of halogens is 2. The van der Waals surface area contributed by atoms with Crippen LogP contribution < -0.4 is 14.4 Å². The monoisotopic (exact) mass is 623 g/mol.